The standard InChI is InChI=1S/C13H18BNO3/c1-12(2)13(3,4)18-14(17-12)9-8-10-6-5-7-11(16)15-10/h5-9H,1-4H3,(H,15,16)/b9-8+. The van der Waals surface area contributed by atoms with E-state index in [2.05, 4.69) is 4.98 Å². The molecule has 1 fully saturated rings. The van der Waals surface area contributed by atoms with E-state index in [0.29, 0.717) is 0 Å². The predicted molar refractivity (Wildman–Crippen MR) is 72.2 cm³/mol. The molecular weight excluding hydrogens is 229 g/mol. The van der Waals surface area contributed by atoms with Gasteiger partial charge in [0, 0.05) is 11.8 Å². The number of hydrogen-bond acceptors (Lipinski definition) is 3. The van der Waals surface area contributed by atoms with Crippen molar-refractivity contribution in [1.82, 2.24) is 4.98 Å². The second kappa shape index (κ2) is 4.41. The molecule has 0 aromatic carbocycles. The molecule has 2 rings (SSSR count). The molecule has 1 aliphatic rings. The zero-order valence-corrected chi connectivity index (χ0v) is 11.2. The number of H-pyrrole nitrogens is 1. The Balaban J connectivity index is 2.11. The van der Waals surface area contributed by atoms with Gasteiger partial charge in [-0.2, -0.15) is 0 Å². The maximum absolute atomic E-state index is 11.1. The van der Waals surface area contributed by atoms with Gasteiger partial charge in [-0.25, -0.2) is 0 Å². The van der Waals surface area contributed by atoms with Crippen molar-refractivity contribution in [2.24, 2.45) is 0 Å². The first-order chi connectivity index (χ1) is 8.30. The highest BCUT2D eigenvalue weighted by molar-refractivity contribution is 6.52. The van der Waals surface area contributed by atoms with Gasteiger partial charge in [-0.05, 0) is 39.8 Å². The van der Waals surface area contributed by atoms with Gasteiger partial charge < -0.3 is 14.3 Å². The van der Waals surface area contributed by atoms with Gasteiger partial charge in [0.2, 0.25) is 5.56 Å². The van der Waals surface area contributed by atoms with Gasteiger partial charge in [0.25, 0.3) is 0 Å². The Hall–Kier alpha value is -1.33. The second-order valence-corrected chi connectivity index (χ2v) is 5.45. The van der Waals surface area contributed by atoms with Crippen molar-refractivity contribution in [2.45, 2.75) is 38.9 Å². The summed E-state index contributed by atoms with van der Waals surface area (Å²) in [5, 5.41) is 0. The Morgan fingerprint density at radius 2 is 1.78 bits per heavy atom. The van der Waals surface area contributed by atoms with Crippen LogP contribution in [-0.2, 0) is 9.31 Å². The van der Waals surface area contributed by atoms with Crippen LogP contribution in [0.3, 0.4) is 0 Å². The molecule has 0 aliphatic carbocycles. The largest absolute Gasteiger partial charge is 0.487 e. The SMILES string of the molecule is CC1(C)OB(/C=C/c2cccc(=O)[nH]2)OC1(C)C. The minimum absolute atomic E-state index is 0.119. The average molecular weight is 247 g/mol. The van der Waals surface area contributed by atoms with Gasteiger partial charge in [0.1, 0.15) is 0 Å². The second-order valence-electron chi connectivity index (χ2n) is 5.45. The van der Waals surface area contributed by atoms with Crippen molar-refractivity contribution in [1.29, 1.82) is 0 Å². The highest BCUT2D eigenvalue weighted by Gasteiger charge is 2.49. The first-order valence-electron chi connectivity index (χ1n) is 6.03. The van der Waals surface area contributed by atoms with Gasteiger partial charge in [0.15, 0.2) is 0 Å². The summed E-state index contributed by atoms with van der Waals surface area (Å²) < 4.78 is 11.6. The third-order valence-electron chi connectivity index (χ3n) is 3.50. The van der Waals surface area contributed by atoms with Crippen molar-refractivity contribution in [3.63, 3.8) is 0 Å². The van der Waals surface area contributed by atoms with E-state index in [1.807, 2.05) is 39.7 Å². The van der Waals surface area contributed by atoms with E-state index in [9.17, 15) is 4.79 Å². The molecule has 0 atom stereocenters. The Kier molecular flexibility index (Phi) is 3.21. The van der Waals surface area contributed by atoms with Crippen LogP contribution in [0.15, 0.2) is 29.0 Å². The van der Waals surface area contributed by atoms with Crippen molar-refractivity contribution < 1.29 is 9.31 Å². The van der Waals surface area contributed by atoms with E-state index >= 15 is 0 Å². The molecule has 1 N–H and O–H groups in total. The summed E-state index contributed by atoms with van der Waals surface area (Å²) in [6.07, 6.45) is 1.80. The summed E-state index contributed by atoms with van der Waals surface area (Å²) in [7, 11) is -0.390. The van der Waals surface area contributed by atoms with Crippen LogP contribution in [0.2, 0.25) is 0 Å². The zero-order valence-electron chi connectivity index (χ0n) is 11.2. The molecule has 2 heterocycles. The predicted octanol–water partition coefficient (Wildman–Crippen LogP) is 2.02. The van der Waals surface area contributed by atoms with Crippen molar-refractivity contribution in [3.05, 3.63) is 40.2 Å². The van der Waals surface area contributed by atoms with E-state index < -0.39 is 7.12 Å². The number of nitrogens with one attached hydrogen (secondary N) is 1. The maximum atomic E-state index is 11.1. The molecule has 0 spiro atoms. The van der Waals surface area contributed by atoms with E-state index in [1.165, 1.54) is 6.07 Å². The highest BCUT2D eigenvalue weighted by Crippen LogP contribution is 2.36. The van der Waals surface area contributed by atoms with E-state index in [-0.39, 0.29) is 16.8 Å². The van der Waals surface area contributed by atoms with Crippen LogP contribution in [-0.4, -0.2) is 23.3 Å². The summed E-state index contributed by atoms with van der Waals surface area (Å²) in [4.78, 5) is 13.9. The van der Waals surface area contributed by atoms with E-state index in [1.54, 1.807) is 12.1 Å². The van der Waals surface area contributed by atoms with E-state index in [0.717, 1.165) is 5.69 Å². The summed E-state index contributed by atoms with van der Waals surface area (Å²) >= 11 is 0. The van der Waals surface area contributed by atoms with Crippen LogP contribution >= 0.6 is 0 Å². The molecule has 1 aromatic heterocycles. The Morgan fingerprint density at radius 3 is 2.33 bits per heavy atom. The van der Waals surface area contributed by atoms with Gasteiger partial charge >= 0.3 is 7.12 Å². The van der Waals surface area contributed by atoms with E-state index in [4.69, 9.17) is 9.31 Å². The quantitative estimate of drug-likeness (QED) is 0.813. The highest BCUT2D eigenvalue weighted by atomic mass is 16.7. The summed E-state index contributed by atoms with van der Waals surface area (Å²) in [5.74, 6) is 1.81. The summed E-state index contributed by atoms with van der Waals surface area (Å²) in [6, 6.07) is 5.01. The molecular formula is C13H18BNO3. The van der Waals surface area contributed by atoms with Gasteiger partial charge in [-0.3, -0.25) is 4.79 Å². The van der Waals surface area contributed by atoms with Crippen molar-refractivity contribution in [2.75, 3.05) is 0 Å². The van der Waals surface area contributed by atoms with Gasteiger partial charge in [-0.15, -0.1) is 0 Å². The Morgan fingerprint density at radius 1 is 1.17 bits per heavy atom. The molecule has 96 valence electrons. The number of rotatable bonds is 2. The molecule has 1 aromatic rings. The molecule has 4 nitrogen and oxygen atoms in total. The monoisotopic (exact) mass is 247 g/mol. The smallest absolute Gasteiger partial charge is 0.400 e. The Bertz CT molecular complexity index is 503. The molecule has 1 saturated heterocycles. The van der Waals surface area contributed by atoms with Crippen LogP contribution in [0.1, 0.15) is 33.4 Å². The Labute approximate surface area is 107 Å². The average Bonchev–Trinajstić information content (AvgIpc) is 2.45. The lowest BCUT2D eigenvalue weighted by Gasteiger charge is -2.32. The summed E-state index contributed by atoms with van der Waals surface area (Å²) in [5.41, 5.74) is -0.0682. The lowest BCUT2D eigenvalue weighted by atomic mass is 9.90. The van der Waals surface area contributed by atoms with Crippen LogP contribution in [0.4, 0.5) is 0 Å². The van der Waals surface area contributed by atoms with Crippen LogP contribution < -0.4 is 5.56 Å². The molecule has 0 saturated carbocycles. The number of hydrogen-bond donors (Lipinski definition) is 1. The van der Waals surface area contributed by atoms with Crippen LogP contribution in [0.25, 0.3) is 6.08 Å². The fourth-order valence-corrected chi connectivity index (χ4v) is 1.71. The molecule has 5 heteroatoms. The van der Waals surface area contributed by atoms with Crippen molar-refractivity contribution in [3.8, 4) is 0 Å². The lowest BCUT2D eigenvalue weighted by Crippen LogP contribution is -2.41. The summed E-state index contributed by atoms with van der Waals surface area (Å²) in [6.45, 7) is 8.02. The minimum Gasteiger partial charge on any atom is -0.400 e. The van der Waals surface area contributed by atoms with Crippen LogP contribution in [0.5, 0.6) is 0 Å². The number of pyridine rings is 1. The third-order valence-corrected chi connectivity index (χ3v) is 3.50. The molecule has 0 bridgehead atoms. The molecule has 0 radical (unpaired) electrons. The molecule has 0 unspecified atom stereocenters. The topological polar surface area (TPSA) is 51.3 Å². The first-order valence-corrected chi connectivity index (χ1v) is 6.03. The normalized spacial score (nSPS) is 21.7. The third kappa shape index (κ3) is 2.57. The maximum Gasteiger partial charge on any atom is 0.487 e. The fraction of sp³-hybridized carbons (Fsp3) is 0.462. The molecule has 18 heavy (non-hydrogen) atoms. The van der Waals surface area contributed by atoms with Crippen LogP contribution in [0, 0.1) is 0 Å². The fourth-order valence-electron chi connectivity index (χ4n) is 1.71. The van der Waals surface area contributed by atoms with Crippen molar-refractivity contribution >= 4 is 13.2 Å². The zero-order chi connectivity index (χ0) is 13.4. The molecule has 0 amide bonds. The molecule has 1 aliphatic heterocycles. The first kappa shape index (κ1) is 13.1. The number of aromatic nitrogens is 1. The minimum atomic E-state index is -0.390. The lowest BCUT2D eigenvalue weighted by molar-refractivity contribution is 0.00578. The van der Waals surface area contributed by atoms with Gasteiger partial charge in [0.05, 0.1) is 11.2 Å². The number of aromatic amines is 1. The van der Waals surface area contributed by atoms with Gasteiger partial charge in [-0.1, -0.05) is 12.0 Å².